The molecular weight excluding hydrogens is 404 g/mol. The molecule has 2 heterocycles. The van der Waals surface area contributed by atoms with Crippen LogP contribution in [0.5, 0.6) is 0 Å². The van der Waals surface area contributed by atoms with E-state index in [0.717, 1.165) is 31.8 Å². The van der Waals surface area contributed by atoms with Crippen molar-refractivity contribution in [1.82, 2.24) is 4.98 Å². The lowest BCUT2D eigenvalue weighted by atomic mass is 10.2. The number of anilines is 1. The van der Waals surface area contributed by atoms with Gasteiger partial charge in [-0.2, -0.15) is 0 Å². The molecule has 3 aromatic rings. The van der Waals surface area contributed by atoms with Crippen molar-refractivity contribution in [3.8, 4) is 11.3 Å². The van der Waals surface area contributed by atoms with Crippen LogP contribution in [0.15, 0.2) is 55.6 Å². The van der Waals surface area contributed by atoms with Crippen molar-refractivity contribution in [3.05, 3.63) is 56.1 Å². The molecule has 1 N–H and O–H groups in total. The zero-order chi connectivity index (χ0) is 13.9. The molecule has 1 aromatic carbocycles. The predicted octanol–water partition coefficient (Wildman–Crippen LogP) is 5.54. The molecule has 0 radical (unpaired) electrons. The molecule has 0 aliphatic rings. The van der Waals surface area contributed by atoms with Crippen LogP contribution < -0.4 is 5.32 Å². The zero-order valence-electron chi connectivity index (χ0n) is 10.3. The fraction of sp³-hybridized carbons (Fsp3) is 0.0714. The fourth-order valence-corrected chi connectivity index (χ4v) is 3.89. The van der Waals surface area contributed by atoms with E-state index in [1.54, 1.807) is 17.5 Å². The second-order valence-corrected chi connectivity index (χ2v) is 7.44. The summed E-state index contributed by atoms with van der Waals surface area (Å²) in [5, 5.41) is 3.40. The highest BCUT2D eigenvalue weighted by Crippen LogP contribution is 2.32. The minimum Gasteiger partial charge on any atom is -0.444 e. The lowest BCUT2D eigenvalue weighted by Gasteiger charge is -2.05. The van der Waals surface area contributed by atoms with Gasteiger partial charge in [-0.25, -0.2) is 4.98 Å². The molecule has 0 amide bonds. The Morgan fingerprint density at radius 3 is 2.60 bits per heavy atom. The summed E-state index contributed by atoms with van der Waals surface area (Å²) >= 11 is 8.71. The van der Waals surface area contributed by atoms with E-state index in [0.29, 0.717) is 0 Å². The number of hydrogen-bond donors (Lipinski definition) is 1. The standard InChI is InChI=1S/C14H10Br2N2OS/c15-12-5-11(20-14(12)16)6-18-10-3-1-9(2-4-10)13-7-17-8-19-13/h1-5,7-8,18H,6H2. The summed E-state index contributed by atoms with van der Waals surface area (Å²) in [6, 6.07) is 10.2. The molecule has 3 rings (SSSR count). The van der Waals surface area contributed by atoms with Crippen LogP contribution >= 0.6 is 43.2 Å². The molecule has 0 fully saturated rings. The molecular formula is C14H10Br2N2OS. The molecule has 20 heavy (non-hydrogen) atoms. The highest BCUT2D eigenvalue weighted by molar-refractivity contribution is 9.13. The molecule has 0 saturated heterocycles. The van der Waals surface area contributed by atoms with Gasteiger partial charge in [0.15, 0.2) is 12.2 Å². The monoisotopic (exact) mass is 412 g/mol. The first-order chi connectivity index (χ1) is 9.72. The number of oxazole rings is 1. The maximum Gasteiger partial charge on any atom is 0.181 e. The van der Waals surface area contributed by atoms with Gasteiger partial charge in [-0.15, -0.1) is 11.3 Å². The van der Waals surface area contributed by atoms with Gasteiger partial charge in [-0.1, -0.05) is 0 Å². The van der Waals surface area contributed by atoms with Gasteiger partial charge in [0, 0.05) is 27.1 Å². The number of halogens is 2. The van der Waals surface area contributed by atoms with E-state index in [9.17, 15) is 0 Å². The van der Waals surface area contributed by atoms with Gasteiger partial charge in [0.1, 0.15) is 0 Å². The summed E-state index contributed by atoms with van der Waals surface area (Å²) in [7, 11) is 0. The summed E-state index contributed by atoms with van der Waals surface area (Å²) < 4.78 is 7.48. The third-order valence-corrected chi connectivity index (χ3v) is 6.02. The summed E-state index contributed by atoms with van der Waals surface area (Å²) in [6.07, 6.45) is 3.15. The van der Waals surface area contributed by atoms with Gasteiger partial charge in [0.25, 0.3) is 0 Å². The number of thiophene rings is 1. The largest absolute Gasteiger partial charge is 0.444 e. The van der Waals surface area contributed by atoms with Crippen LogP contribution in [0.25, 0.3) is 11.3 Å². The number of nitrogens with zero attached hydrogens (tertiary/aromatic N) is 1. The molecule has 0 unspecified atom stereocenters. The second kappa shape index (κ2) is 6.11. The van der Waals surface area contributed by atoms with Crippen molar-refractivity contribution in [2.24, 2.45) is 0 Å². The Hall–Kier alpha value is -1.11. The average molecular weight is 414 g/mol. The van der Waals surface area contributed by atoms with Crippen LogP contribution in [-0.4, -0.2) is 4.98 Å². The minimum atomic E-state index is 0.780. The van der Waals surface area contributed by atoms with E-state index in [2.05, 4.69) is 48.2 Å². The fourth-order valence-electron chi connectivity index (χ4n) is 1.78. The maximum absolute atomic E-state index is 5.26. The van der Waals surface area contributed by atoms with E-state index < -0.39 is 0 Å². The normalized spacial score (nSPS) is 10.7. The third kappa shape index (κ3) is 3.13. The molecule has 0 aliphatic heterocycles. The first kappa shape index (κ1) is 13.9. The molecule has 2 aromatic heterocycles. The lowest BCUT2D eigenvalue weighted by Crippen LogP contribution is -1.96. The SMILES string of the molecule is Brc1cc(CNc2ccc(-c3cnco3)cc2)sc1Br. The number of nitrogens with one attached hydrogen (secondary N) is 1. The van der Waals surface area contributed by atoms with Crippen LogP contribution in [0.3, 0.4) is 0 Å². The molecule has 0 aliphatic carbocycles. The summed E-state index contributed by atoms with van der Waals surface area (Å²) in [4.78, 5) is 5.18. The van der Waals surface area contributed by atoms with E-state index in [1.165, 1.54) is 11.3 Å². The van der Waals surface area contributed by atoms with Gasteiger partial charge < -0.3 is 9.73 Å². The van der Waals surface area contributed by atoms with E-state index >= 15 is 0 Å². The highest BCUT2D eigenvalue weighted by Gasteiger charge is 2.04. The average Bonchev–Trinajstić information content (AvgIpc) is 3.08. The third-order valence-electron chi connectivity index (χ3n) is 2.76. The van der Waals surface area contributed by atoms with Crippen molar-refractivity contribution in [3.63, 3.8) is 0 Å². The first-order valence-electron chi connectivity index (χ1n) is 5.89. The van der Waals surface area contributed by atoms with Gasteiger partial charge in [0.05, 0.1) is 9.98 Å². The van der Waals surface area contributed by atoms with Crippen LogP contribution in [0.2, 0.25) is 0 Å². The predicted molar refractivity (Wildman–Crippen MR) is 89.0 cm³/mol. The molecule has 3 nitrogen and oxygen atoms in total. The molecule has 0 spiro atoms. The van der Waals surface area contributed by atoms with Crippen molar-refractivity contribution in [2.45, 2.75) is 6.54 Å². The van der Waals surface area contributed by atoms with Crippen LogP contribution in [0.4, 0.5) is 5.69 Å². The first-order valence-corrected chi connectivity index (χ1v) is 8.29. The van der Waals surface area contributed by atoms with Gasteiger partial charge in [0.2, 0.25) is 0 Å². The highest BCUT2D eigenvalue weighted by atomic mass is 79.9. The molecule has 0 atom stereocenters. The number of aromatic nitrogens is 1. The number of rotatable bonds is 4. The minimum absolute atomic E-state index is 0.780. The summed E-state index contributed by atoms with van der Waals surface area (Å²) in [6.45, 7) is 0.802. The van der Waals surface area contributed by atoms with E-state index in [4.69, 9.17) is 4.42 Å². The Kier molecular flexibility index (Phi) is 4.24. The quantitative estimate of drug-likeness (QED) is 0.610. The maximum atomic E-state index is 5.26. The van der Waals surface area contributed by atoms with Crippen molar-refractivity contribution in [1.29, 1.82) is 0 Å². The molecule has 102 valence electrons. The number of benzene rings is 1. The molecule has 0 saturated carbocycles. The van der Waals surface area contributed by atoms with Crippen LogP contribution in [0.1, 0.15) is 4.88 Å². The van der Waals surface area contributed by atoms with E-state index in [1.807, 2.05) is 24.3 Å². The van der Waals surface area contributed by atoms with Crippen LogP contribution in [-0.2, 0) is 6.54 Å². The Balaban J connectivity index is 1.66. The topological polar surface area (TPSA) is 38.1 Å². The lowest BCUT2D eigenvalue weighted by molar-refractivity contribution is 0.572. The van der Waals surface area contributed by atoms with Crippen molar-refractivity contribution >= 4 is 48.9 Å². The second-order valence-electron chi connectivity index (χ2n) is 4.13. The number of hydrogen-bond acceptors (Lipinski definition) is 4. The molecule has 6 heteroatoms. The Morgan fingerprint density at radius 1 is 1.20 bits per heavy atom. The zero-order valence-corrected chi connectivity index (χ0v) is 14.3. The van der Waals surface area contributed by atoms with Crippen molar-refractivity contribution in [2.75, 3.05) is 5.32 Å². The van der Waals surface area contributed by atoms with E-state index in [-0.39, 0.29) is 0 Å². The Bertz CT molecular complexity index is 673. The van der Waals surface area contributed by atoms with Gasteiger partial charge in [-0.3, -0.25) is 0 Å². The summed E-state index contributed by atoms with van der Waals surface area (Å²) in [5.41, 5.74) is 2.10. The Labute approximate surface area is 137 Å². The van der Waals surface area contributed by atoms with Crippen molar-refractivity contribution < 1.29 is 4.42 Å². The van der Waals surface area contributed by atoms with Gasteiger partial charge in [-0.05, 0) is 62.2 Å². The van der Waals surface area contributed by atoms with Gasteiger partial charge >= 0.3 is 0 Å². The smallest absolute Gasteiger partial charge is 0.181 e. The Morgan fingerprint density at radius 2 is 2.00 bits per heavy atom. The van der Waals surface area contributed by atoms with Crippen LogP contribution in [0, 0.1) is 0 Å². The molecule has 0 bridgehead atoms. The summed E-state index contributed by atoms with van der Waals surface area (Å²) in [5.74, 6) is 0.780.